The van der Waals surface area contributed by atoms with Crippen molar-refractivity contribution in [3.63, 3.8) is 0 Å². The Morgan fingerprint density at radius 1 is 1.56 bits per heavy atom. The van der Waals surface area contributed by atoms with Gasteiger partial charge in [0.25, 0.3) is 0 Å². The number of aromatic nitrogens is 2. The Bertz CT molecular complexity index is 484. The SMILES string of the molecule is OC[C@H]1O[C@@H](n2ccc(=S)[nH]c2=S)C[C@@H]1O. The van der Waals surface area contributed by atoms with Crippen molar-refractivity contribution in [3.8, 4) is 0 Å². The molecule has 2 heterocycles. The topological polar surface area (TPSA) is 70.4 Å². The number of hydrogen-bond acceptors (Lipinski definition) is 5. The maximum Gasteiger partial charge on any atom is 0.180 e. The molecule has 5 nitrogen and oxygen atoms in total. The monoisotopic (exact) mass is 260 g/mol. The van der Waals surface area contributed by atoms with E-state index in [1.807, 2.05) is 0 Å². The van der Waals surface area contributed by atoms with E-state index in [4.69, 9.17) is 34.3 Å². The van der Waals surface area contributed by atoms with Crippen molar-refractivity contribution < 1.29 is 14.9 Å². The molecule has 88 valence electrons. The second kappa shape index (κ2) is 4.72. The lowest BCUT2D eigenvalue weighted by molar-refractivity contribution is -0.0452. The van der Waals surface area contributed by atoms with Gasteiger partial charge in [-0.2, -0.15) is 0 Å². The fraction of sp³-hybridized carbons (Fsp3) is 0.556. The second-order valence-electron chi connectivity index (χ2n) is 3.63. The summed E-state index contributed by atoms with van der Waals surface area (Å²) in [7, 11) is 0. The summed E-state index contributed by atoms with van der Waals surface area (Å²) < 4.78 is 8.16. The van der Waals surface area contributed by atoms with E-state index in [0.29, 0.717) is 15.8 Å². The summed E-state index contributed by atoms with van der Waals surface area (Å²) in [5.41, 5.74) is 0. The van der Waals surface area contributed by atoms with E-state index < -0.39 is 12.2 Å². The van der Waals surface area contributed by atoms with Crippen LogP contribution in [0.4, 0.5) is 0 Å². The van der Waals surface area contributed by atoms with E-state index in [2.05, 4.69) is 4.98 Å². The van der Waals surface area contributed by atoms with Gasteiger partial charge in [-0.3, -0.25) is 4.57 Å². The average Bonchev–Trinajstić information content (AvgIpc) is 2.59. The Morgan fingerprint density at radius 3 is 2.88 bits per heavy atom. The second-order valence-corrected chi connectivity index (χ2v) is 4.46. The minimum Gasteiger partial charge on any atom is -0.394 e. The molecule has 1 aliphatic heterocycles. The molecule has 0 radical (unpaired) electrons. The number of hydrogen-bond donors (Lipinski definition) is 3. The molecule has 3 atom stereocenters. The Kier molecular flexibility index (Phi) is 3.50. The van der Waals surface area contributed by atoms with Crippen LogP contribution in [0.3, 0.4) is 0 Å². The molecule has 3 N–H and O–H groups in total. The predicted octanol–water partition coefficient (Wildman–Crippen LogP) is 0.916. The maximum atomic E-state index is 9.60. The number of H-pyrrole nitrogens is 1. The Morgan fingerprint density at radius 2 is 2.31 bits per heavy atom. The first-order valence-corrected chi connectivity index (χ1v) is 5.69. The van der Waals surface area contributed by atoms with Gasteiger partial charge < -0.3 is 19.9 Å². The van der Waals surface area contributed by atoms with E-state index in [1.165, 1.54) is 0 Å². The van der Waals surface area contributed by atoms with Crippen molar-refractivity contribution in [2.75, 3.05) is 6.61 Å². The summed E-state index contributed by atoms with van der Waals surface area (Å²) in [6, 6.07) is 1.70. The van der Waals surface area contributed by atoms with Crippen LogP contribution in [0.25, 0.3) is 0 Å². The van der Waals surface area contributed by atoms with E-state index >= 15 is 0 Å². The van der Waals surface area contributed by atoms with Gasteiger partial charge in [-0.1, -0.05) is 12.2 Å². The normalized spacial score (nSPS) is 29.5. The molecule has 0 unspecified atom stereocenters. The van der Waals surface area contributed by atoms with Crippen LogP contribution < -0.4 is 0 Å². The van der Waals surface area contributed by atoms with E-state index in [-0.39, 0.29) is 12.8 Å². The summed E-state index contributed by atoms with van der Waals surface area (Å²) >= 11 is 10.0. The van der Waals surface area contributed by atoms with Crippen LogP contribution in [0.15, 0.2) is 12.3 Å². The van der Waals surface area contributed by atoms with Gasteiger partial charge in [0.15, 0.2) is 4.77 Å². The van der Waals surface area contributed by atoms with Gasteiger partial charge in [0.05, 0.1) is 12.7 Å². The molecule has 1 fully saturated rings. The van der Waals surface area contributed by atoms with Gasteiger partial charge in [0, 0.05) is 12.6 Å². The van der Waals surface area contributed by atoms with Crippen molar-refractivity contribution in [1.29, 1.82) is 0 Å². The van der Waals surface area contributed by atoms with Crippen molar-refractivity contribution in [3.05, 3.63) is 21.7 Å². The highest BCUT2D eigenvalue weighted by atomic mass is 32.1. The molecule has 2 rings (SSSR count). The molecule has 0 spiro atoms. The van der Waals surface area contributed by atoms with Crippen LogP contribution in [-0.2, 0) is 4.74 Å². The number of aliphatic hydroxyl groups is 2. The Balaban J connectivity index is 2.27. The fourth-order valence-electron chi connectivity index (χ4n) is 1.70. The third-order valence-corrected chi connectivity index (χ3v) is 3.10. The molecule has 1 aromatic rings. The molecule has 1 saturated heterocycles. The maximum absolute atomic E-state index is 9.60. The first-order valence-electron chi connectivity index (χ1n) is 4.87. The Hall–Kier alpha value is -0.600. The zero-order valence-electron chi connectivity index (χ0n) is 8.37. The summed E-state index contributed by atoms with van der Waals surface area (Å²) in [5, 5.41) is 18.6. The molecule has 1 aliphatic rings. The number of rotatable bonds is 2. The summed E-state index contributed by atoms with van der Waals surface area (Å²) in [6.45, 7) is -0.201. The Labute approximate surface area is 102 Å². The predicted molar refractivity (Wildman–Crippen MR) is 62.1 cm³/mol. The molecular weight excluding hydrogens is 248 g/mol. The minimum atomic E-state index is -0.667. The van der Waals surface area contributed by atoms with Crippen molar-refractivity contribution in [2.24, 2.45) is 0 Å². The lowest BCUT2D eigenvalue weighted by Gasteiger charge is -2.15. The van der Waals surface area contributed by atoms with Crippen LogP contribution in [0, 0.1) is 9.41 Å². The van der Waals surface area contributed by atoms with Gasteiger partial charge >= 0.3 is 0 Å². The molecule has 16 heavy (non-hydrogen) atoms. The van der Waals surface area contributed by atoms with Gasteiger partial charge in [0.2, 0.25) is 0 Å². The van der Waals surface area contributed by atoms with Crippen molar-refractivity contribution in [2.45, 2.75) is 24.9 Å². The zero-order valence-corrected chi connectivity index (χ0v) is 10.0. The van der Waals surface area contributed by atoms with Crippen LogP contribution >= 0.6 is 24.4 Å². The van der Waals surface area contributed by atoms with Crippen LogP contribution in [0.5, 0.6) is 0 Å². The highest BCUT2D eigenvalue weighted by Crippen LogP contribution is 2.28. The molecule has 0 aromatic carbocycles. The standard InChI is InChI=1S/C9H12N2O3S2/c12-4-6-5(13)3-8(14-6)11-2-1-7(15)10-9(11)16/h1-2,5-6,8,12-13H,3-4H2,(H,10,15,16)/t5-,6+,8+/m0/s1. The highest BCUT2D eigenvalue weighted by Gasteiger charge is 2.34. The van der Waals surface area contributed by atoms with E-state index in [1.54, 1.807) is 16.8 Å². The van der Waals surface area contributed by atoms with Crippen LogP contribution in [0.1, 0.15) is 12.6 Å². The highest BCUT2D eigenvalue weighted by molar-refractivity contribution is 7.72. The number of nitrogens with one attached hydrogen (secondary N) is 1. The van der Waals surface area contributed by atoms with Gasteiger partial charge in [0.1, 0.15) is 17.0 Å². The number of aliphatic hydroxyl groups excluding tert-OH is 2. The zero-order chi connectivity index (χ0) is 11.7. The van der Waals surface area contributed by atoms with E-state index in [9.17, 15) is 5.11 Å². The lowest BCUT2D eigenvalue weighted by Crippen LogP contribution is -2.24. The summed E-state index contributed by atoms with van der Waals surface area (Å²) in [6.07, 6.45) is 0.560. The lowest BCUT2D eigenvalue weighted by atomic mass is 10.2. The molecule has 1 aromatic heterocycles. The molecular formula is C9H12N2O3S2. The first kappa shape index (κ1) is 11.9. The quantitative estimate of drug-likeness (QED) is 0.690. The summed E-state index contributed by atoms with van der Waals surface area (Å²) in [5.74, 6) is 0. The molecule has 0 aliphatic carbocycles. The molecule has 0 bridgehead atoms. The molecule has 0 saturated carbocycles. The molecule has 0 amide bonds. The number of ether oxygens (including phenoxy) is 1. The molecule has 7 heteroatoms. The van der Waals surface area contributed by atoms with Crippen molar-refractivity contribution >= 4 is 24.4 Å². The van der Waals surface area contributed by atoms with Gasteiger partial charge in [-0.15, -0.1) is 0 Å². The minimum absolute atomic E-state index is 0.201. The first-order chi connectivity index (χ1) is 7.61. The van der Waals surface area contributed by atoms with Crippen LogP contribution in [0.2, 0.25) is 0 Å². The van der Waals surface area contributed by atoms with Crippen molar-refractivity contribution in [1.82, 2.24) is 9.55 Å². The number of nitrogens with zero attached hydrogens (tertiary/aromatic N) is 1. The van der Waals surface area contributed by atoms with Gasteiger partial charge in [-0.25, -0.2) is 0 Å². The average molecular weight is 260 g/mol. The van der Waals surface area contributed by atoms with Crippen LogP contribution in [-0.4, -0.2) is 38.6 Å². The fourth-order valence-corrected chi connectivity index (χ4v) is 2.21. The van der Waals surface area contributed by atoms with E-state index in [0.717, 1.165) is 0 Å². The smallest absolute Gasteiger partial charge is 0.180 e. The third kappa shape index (κ3) is 2.23. The summed E-state index contributed by atoms with van der Waals surface area (Å²) in [4.78, 5) is 2.83. The third-order valence-electron chi connectivity index (χ3n) is 2.55. The number of aromatic amines is 1. The largest absolute Gasteiger partial charge is 0.394 e. The van der Waals surface area contributed by atoms with Gasteiger partial charge in [-0.05, 0) is 18.3 Å².